The van der Waals surface area contributed by atoms with E-state index in [2.05, 4.69) is 24.4 Å². The highest BCUT2D eigenvalue weighted by Gasteiger charge is 2.34. The molecule has 0 bridgehead atoms. The molecule has 0 spiro atoms. The molecular formula is C17H18N2O2S. The molecule has 0 saturated heterocycles. The Morgan fingerprint density at radius 3 is 2.64 bits per heavy atom. The molecule has 0 aliphatic heterocycles. The predicted molar refractivity (Wildman–Crippen MR) is 86.9 cm³/mol. The average Bonchev–Trinajstić information content (AvgIpc) is 3.20. The van der Waals surface area contributed by atoms with Gasteiger partial charge in [-0.1, -0.05) is 24.3 Å². The van der Waals surface area contributed by atoms with Crippen LogP contribution in [0.2, 0.25) is 0 Å². The minimum absolute atomic E-state index is 0.0350. The zero-order valence-corrected chi connectivity index (χ0v) is 13.2. The van der Waals surface area contributed by atoms with Crippen LogP contribution in [0.25, 0.3) is 0 Å². The second-order valence-corrected chi connectivity index (χ2v) is 6.62. The van der Waals surface area contributed by atoms with Gasteiger partial charge in [0.05, 0.1) is 16.5 Å². The number of benzene rings is 1. The van der Waals surface area contributed by atoms with Gasteiger partial charge < -0.3 is 11.1 Å². The van der Waals surface area contributed by atoms with Crippen LogP contribution in [0.3, 0.4) is 0 Å². The van der Waals surface area contributed by atoms with Crippen LogP contribution in [0.5, 0.6) is 0 Å². The van der Waals surface area contributed by atoms with Crippen LogP contribution in [0.1, 0.15) is 50.0 Å². The summed E-state index contributed by atoms with van der Waals surface area (Å²) in [6, 6.07) is 9.73. The molecule has 3 rings (SSSR count). The van der Waals surface area contributed by atoms with E-state index in [0.717, 1.165) is 12.8 Å². The number of amides is 2. The van der Waals surface area contributed by atoms with Gasteiger partial charge in [-0.05, 0) is 42.9 Å². The first-order valence-electron chi connectivity index (χ1n) is 7.31. The number of aryl methyl sites for hydroxylation is 1. The zero-order valence-electron chi connectivity index (χ0n) is 12.3. The molecule has 1 atom stereocenters. The van der Waals surface area contributed by atoms with Gasteiger partial charge in [-0.3, -0.25) is 9.59 Å². The van der Waals surface area contributed by atoms with Gasteiger partial charge in [-0.15, -0.1) is 11.3 Å². The van der Waals surface area contributed by atoms with Crippen molar-refractivity contribution >= 4 is 23.2 Å². The maximum atomic E-state index is 12.5. The van der Waals surface area contributed by atoms with Gasteiger partial charge in [-0.25, -0.2) is 0 Å². The van der Waals surface area contributed by atoms with E-state index in [1.807, 2.05) is 12.1 Å². The summed E-state index contributed by atoms with van der Waals surface area (Å²) in [5.41, 5.74) is 7.97. The number of primary amides is 1. The second-order valence-electron chi connectivity index (χ2n) is 5.71. The molecule has 22 heavy (non-hydrogen) atoms. The summed E-state index contributed by atoms with van der Waals surface area (Å²) in [4.78, 5) is 24.1. The molecular weight excluding hydrogens is 296 g/mol. The number of carbonyl (C=O) groups is 2. The van der Waals surface area contributed by atoms with Crippen LogP contribution in [0.15, 0.2) is 35.7 Å². The molecule has 1 aliphatic carbocycles. The third-order valence-corrected chi connectivity index (χ3v) is 4.94. The Bertz CT molecular complexity index is 719. The molecule has 2 amide bonds. The van der Waals surface area contributed by atoms with Gasteiger partial charge in [-0.2, -0.15) is 0 Å². The molecule has 1 aromatic carbocycles. The van der Waals surface area contributed by atoms with E-state index >= 15 is 0 Å². The fourth-order valence-corrected chi connectivity index (χ4v) is 3.41. The summed E-state index contributed by atoms with van der Waals surface area (Å²) in [5, 5.41) is 4.75. The van der Waals surface area contributed by atoms with Gasteiger partial charge in [0.1, 0.15) is 0 Å². The fourth-order valence-electron chi connectivity index (χ4n) is 2.61. The van der Waals surface area contributed by atoms with E-state index in [1.54, 1.807) is 11.4 Å². The van der Waals surface area contributed by atoms with Crippen molar-refractivity contribution in [1.29, 1.82) is 0 Å². The highest BCUT2D eigenvalue weighted by Crippen LogP contribution is 2.42. The second kappa shape index (κ2) is 5.93. The van der Waals surface area contributed by atoms with Crippen molar-refractivity contribution in [3.63, 3.8) is 0 Å². The molecule has 1 heterocycles. The zero-order chi connectivity index (χ0) is 15.7. The van der Waals surface area contributed by atoms with Gasteiger partial charge in [0.25, 0.3) is 5.91 Å². The molecule has 3 N–H and O–H groups in total. The Morgan fingerprint density at radius 2 is 2.05 bits per heavy atom. The summed E-state index contributed by atoms with van der Waals surface area (Å²) >= 11 is 1.25. The third-order valence-electron chi connectivity index (χ3n) is 4.01. The summed E-state index contributed by atoms with van der Waals surface area (Å²) in [7, 11) is 0. The smallest absolute Gasteiger partial charge is 0.261 e. The Morgan fingerprint density at radius 1 is 1.32 bits per heavy atom. The van der Waals surface area contributed by atoms with E-state index < -0.39 is 5.91 Å². The highest BCUT2D eigenvalue weighted by molar-refractivity contribution is 7.12. The maximum absolute atomic E-state index is 12.5. The van der Waals surface area contributed by atoms with Gasteiger partial charge in [0.15, 0.2) is 0 Å². The van der Waals surface area contributed by atoms with Crippen molar-refractivity contribution in [2.75, 3.05) is 0 Å². The van der Waals surface area contributed by atoms with Gasteiger partial charge in [0, 0.05) is 5.38 Å². The van der Waals surface area contributed by atoms with Gasteiger partial charge in [0.2, 0.25) is 5.91 Å². The number of thiophene rings is 1. The Kier molecular flexibility index (Phi) is 3.98. The monoisotopic (exact) mass is 314 g/mol. The first-order chi connectivity index (χ1) is 10.6. The molecule has 2 aromatic rings. The number of nitrogens with one attached hydrogen (secondary N) is 1. The number of nitrogens with two attached hydrogens (primary N) is 1. The van der Waals surface area contributed by atoms with Crippen molar-refractivity contribution < 1.29 is 9.59 Å². The summed E-state index contributed by atoms with van der Waals surface area (Å²) in [6.07, 6.45) is 2.27. The van der Waals surface area contributed by atoms with Crippen molar-refractivity contribution in [1.82, 2.24) is 5.32 Å². The normalized spacial score (nSPS) is 15.3. The summed E-state index contributed by atoms with van der Waals surface area (Å²) in [6.45, 7) is 2.06. The predicted octanol–water partition coefficient (Wildman–Crippen LogP) is 3.04. The van der Waals surface area contributed by atoms with Crippen molar-refractivity contribution in [2.45, 2.75) is 25.8 Å². The number of hydrogen-bond donors (Lipinski definition) is 2. The van der Waals surface area contributed by atoms with Crippen LogP contribution < -0.4 is 11.1 Å². The van der Waals surface area contributed by atoms with E-state index in [-0.39, 0.29) is 11.9 Å². The van der Waals surface area contributed by atoms with Crippen molar-refractivity contribution in [3.8, 4) is 0 Å². The third kappa shape index (κ3) is 3.04. The lowest BCUT2D eigenvalue weighted by atomic mass is 9.97. The SMILES string of the molecule is Cc1ccccc1[C@H](NC(=O)c1cc(C(N)=O)cs1)C1CC1. The minimum atomic E-state index is -0.507. The van der Waals surface area contributed by atoms with Gasteiger partial charge >= 0.3 is 0 Å². The molecule has 4 nitrogen and oxygen atoms in total. The molecule has 1 saturated carbocycles. The highest BCUT2D eigenvalue weighted by atomic mass is 32.1. The molecule has 5 heteroatoms. The Hall–Kier alpha value is -2.14. The lowest BCUT2D eigenvalue weighted by molar-refractivity contribution is 0.0935. The van der Waals surface area contributed by atoms with Crippen molar-refractivity contribution in [3.05, 3.63) is 57.3 Å². The Labute approximate surface area is 133 Å². The van der Waals surface area contributed by atoms with Crippen LogP contribution >= 0.6 is 11.3 Å². The number of hydrogen-bond acceptors (Lipinski definition) is 3. The molecule has 114 valence electrons. The van der Waals surface area contributed by atoms with E-state index in [9.17, 15) is 9.59 Å². The number of rotatable bonds is 5. The minimum Gasteiger partial charge on any atom is -0.366 e. The van der Waals surface area contributed by atoms with Crippen molar-refractivity contribution in [2.24, 2.45) is 11.7 Å². The molecule has 0 unspecified atom stereocenters. The largest absolute Gasteiger partial charge is 0.366 e. The topological polar surface area (TPSA) is 72.2 Å². The van der Waals surface area contributed by atoms with Crippen LogP contribution in [-0.2, 0) is 0 Å². The van der Waals surface area contributed by atoms with E-state index in [1.165, 1.54) is 22.5 Å². The molecule has 1 aliphatic rings. The number of carbonyl (C=O) groups excluding carboxylic acids is 2. The van der Waals surface area contributed by atoms with Crippen LogP contribution in [-0.4, -0.2) is 11.8 Å². The van der Waals surface area contributed by atoms with Crippen LogP contribution in [0.4, 0.5) is 0 Å². The van der Waals surface area contributed by atoms with Crippen LogP contribution in [0, 0.1) is 12.8 Å². The standard InChI is InChI=1S/C17H18N2O2S/c1-10-4-2-3-5-13(10)15(11-6-7-11)19-17(21)14-8-12(9-22-14)16(18)20/h2-5,8-9,11,15H,6-7H2,1H3,(H2,18,20)(H,19,21)/t15-/m1/s1. The molecule has 0 radical (unpaired) electrons. The fraction of sp³-hybridized carbons (Fsp3) is 0.294. The molecule has 1 aromatic heterocycles. The quantitative estimate of drug-likeness (QED) is 0.890. The lowest BCUT2D eigenvalue weighted by Crippen LogP contribution is -2.29. The Balaban J connectivity index is 1.80. The first-order valence-corrected chi connectivity index (χ1v) is 8.19. The summed E-state index contributed by atoms with van der Waals surface area (Å²) in [5.74, 6) is -0.147. The maximum Gasteiger partial charge on any atom is 0.261 e. The lowest BCUT2D eigenvalue weighted by Gasteiger charge is -2.20. The first kappa shape index (κ1) is 14.8. The molecule has 1 fully saturated rings. The van der Waals surface area contributed by atoms with E-state index in [4.69, 9.17) is 5.73 Å². The summed E-state index contributed by atoms with van der Waals surface area (Å²) < 4.78 is 0. The van der Waals surface area contributed by atoms with E-state index in [0.29, 0.717) is 16.4 Å². The average molecular weight is 314 g/mol.